The molecule has 0 saturated carbocycles. The lowest BCUT2D eigenvalue weighted by Gasteiger charge is -2.22. The van der Waals surface area contributed by atoms with E-state index in [9.17, 15) is 9.59 Å². The van der Waals surface area contributed by atoms with E-state index in [0.717, 1.165) is 5.56 Å². The molecule has 0 spiro atoms. The molecule has 1 N–H and O–H groups in total. The summed E-state index contributed by atoms with van der Waals surface area (Å²) in [5, 5.41) is 3.36. The molecule has 0 heterocycles. The number of carbonyl (C=O) groups is 2. The maximum atomic E-state index is 12.1. The fourth-order valence-corrected chi connectivity index (χ4v) is 1.93. The molecule has 0 saturated heterocycles. The second kappa shape index (κ2) is 8.00. The number of rotatable bonds is 6. The number of nitrogens with one attached hydrogen (secondary N) is 1. The Kier molecular flexibility index (Phi) is 6.65. The van der Waals surface area contributed by atoms with Crippen LogP contribution in [-0.2, 0) is 9.59 Å². The van der Waals surface area contributed by atoms with Gasteiger partial charge in [-0.2, -0.15) is 0 Å². The highest BCUT2D eigenvalue weighted by Gasteiger charge is 2.14. The Morgan fingerprint density at radius 1 is 1.24 bits per heavy atom. The molecule has 0 aliphatic rings. The van der Waals surface area contributed by atoms with Crippen molar-refractivity contribution in [1.82, 2.24) is 9.80 Å². The third-order valence-electron chi connectivity index (χ3n) is 3.07. The monoisotopic (exact) mass is 311 g/mol. The number of hydrogen-bond acceptors (Lipinski definition) is 3. The summed E-state index contributed by atoms with van der Waals surface area (Å²) >= 11 is 5.92. The van der Waals surface area contributed by atoms with Crippen molar-refractivity contribution in [2.24, 2.45) is 0 Å². The maximum absolute atomic E-state index is 12.1. The highest BCUT2D eigenvalue weighted by Crippen LogP contribution is 2.20. The molecule has 1 aromatic rings. The SMILES string of the molecule is CC(=O)N(CCN(C)C)CC(=O)Nc1cc(Cl)ccc1C. The fourth-order valence-electron chi connectivity index (χ4n) is 1.76. The number of anilines is 1. The second-order valence-electron chi connectivity index (χ2n) is 5.25. The standard InChI is InChI=1S/C15H22ClN3O2/c1-11-5-6-13(16)9-14(11)17-15(21)10-19(12(2)20)8-7-18(3)4/h5-6,9H,7-8,10H2,1-4H3,(H,17,21). The first kappa shape index (κ1) is 17.5. The minimum Gasteiger partial charge on any atom is -0.332 e. The van der Waals surface area contributed by atoms with Gasteiger partial charge in [-0.05, 0) is 38.7 Å². The normalized spacial score (nSPS) is 10.6. The highest BCUT2D eigenvalue weighted by molar-refractivity contribution is 6.31. The van der Waals surface area contributed by atoms with Crippen molar-refractivity contribution in [2.45, 2.75) is 13.8 Å². The Morgan fingerprint density at radius 3 is 2.48 bits per heavy atom. The molecule has 0 fully saturated rings. The van der Waals surface area contributed by atoms with E-state index in [-0.39, 0.29) is 18.4 Å². The summed E-state index contributed by atoms with van der Waals surface area (Å²) in [4.78, 5) is 27.1. The number of nitrogens with zero attached hydrogens (tertiary/aromatic N) is 2. The minimum atomic E-state index is -0.227. The number of halogens is 1. The molecule has 5 nitrogen and oxygen atoms in total. The first-order valence-electron chi connectivity index (χ1n) is 6.76. The minimum absolute atomic E-state index is 0.0368. The van der Waals surface area contributed by atoms with Crippen LogP contribution < -0.4 is 5.32 Å². The van der Waals surface area contributed by atoms with Gasteiger partial charge in [0.25, 0.3) is 0 Å². The van der Waals surface area contributed by atoms with E-state index in [2.05, 4.69) is 5.32 Å². The molecule has 0 aliphatic heterocycles. The third kappa shape index (κ3) is 6.14. The average molecular weight is 312 g/mol. The van der Waals surface area contributed by atoms with Gasteiger partial charge in [0.15, 0.2) is 0 Å². The van der Waals surface area contributed by atoms with Gasteiger partial charge in [0, 0.05) is 30.7 Å². The number of likely N-dealkylation sites (N-methyl/N-ethyl adjacent to an activating group) is 1. The highest BCUT2D eigenvalue weighted by atomic mass is 35.5. The first-order valence-corrected chi connectivity index (χ1v) is 7.13. The van der Waals surface area contributed by atoms with Gasteiger partial charge in [-0.25, -0.2) is 0 Å². The fraction of sp³-hybridized carbons (Fsp3) is 0.467. The van der Waals surface area contributed by atoms with Crippen molar-refractivity contribution in [3.05, 3.63) is 28.8 Å². The Morgan fingerprint density at radius 2 is 1.90 bits per heavy atom. The first-order chi connectivity index (χ1) is 9.79. The van der Waals surface area contributed by atoms with Gasteiger partial charge < -0.3 is 15.1 Å². The smallest absolute Gasteiger partial charge is 0.244 e. The van der Waals surface area contributed by atoms with Gasteiger partial charge in [-0.1, -0.05) is 17.7 Å². The Labute approximate surface area is 130 Å². The summed E-state index contributed by atoms with van der Waals surface area (Å²) in [6.07, 6.45) is 0. The largest absolute Gasteiger partial charge is 0.332 e. The summed E-state index contributed by atoms with van der Waals surface area (Å²) in [6.45, 7) is 4.62. The lowest BCUT2D eigenvalue weighted by molar-refractivity contribution is -0.132. The molecule has 6 heteroatoms. The van der Waals surface area contributed by atoms with Crippen molar-refractivity contribution in [3.63, 3.8) is 0 Å². The van der Waals surface area contributed by atoms with Crippen molar-refractivity contribution in [1.29, 1.82) is 0 Å². The molecule has 0 atom stereocenters. The molecular weight excluding hydrogens is 290 g/mol. The molecular formula is C15H22ClN3O2. The Bertz CT molecular complexity index is 518. The molecule has 116 valence electrons. The van der Waals surface area contributed by atoms with Crippen molar-refractivity contribution >= 4 is 29.1 Å². The molecule has 0 bridgehead atoms. The van der Waals surface area contributed by atoms with Crippen molar-refractivity contribution in [3.8, 4) is 0 Å². The molecule has 0 aromatic heterocycles. The van der Waals surface area contributed by atoms with Crippen molar-refractivity contribution < 1.29 is 9.59 Å². The molecule has 2 amide bonds. The van der Waals surface area contributed by atoms with E-state index in [1.807, 2.05) is 32.0 Å². The van der Waals surface area contributed by atoms with Crippen LogP contribution in [-0.4, -0.2) is 55.3 Å². The van der Waals surface area contributed by atoms with E-state index in [0.29, 0.717) is 23.8 Å². The summed E-state index contributed by atoms with van der Waals surface area (Å²) in [5.74, 6) is -0.343. The number of amides is 2. The van der Waals surface area contributed by atoms with E-state index in [4.69, 9.17) is 11.6 Å². The number of benzene rings is 1. The van der Waals surface area contributed by atoms with Gasteiger partial charge in [-0.15, -0.1) is 0 Å². The number of hydrogen-bond donors (Lipinski definition) is 1. The Balaban J connectivity index is 2.65. The maximum Gasteiger partial charge on any atom is 0.244 e. The van der Waals surface area contributed by atoms with E-state index < -0.39 is 0 Å². The topological polar surface area (TPSA) is 52.7 Å². The predicted molar refractivity (Wildman–Crippen MR) is 85.6 cm³/mol. The lowest BCUT2D eigenvalue weighted by Crippen LogP contribution is -2.40. The van der Waals surface area contributed by atoms with Gasteiger partial charge in [0.1, 0.15) is 0 Å². The zero-order valence-corrected chi connectivity index (χ0v) is 13.7. The van der Waals surface area contributed by atoms with Gasteiger partial charge in [0.05, 0.1) is 6.54 Å². The van der Waals surface area contributed by atoms with E-state index in [1.54, 1.807) is 12.1 Å². The van der Waals surface area contributed by atoms with Crippen molar-refractivity contribution in [2.75, 3.05) is 39.0 Å². The second-order valence-corrected chi connectivity index (χ2v) is 5.69. The zero-order chi connectivity index (χ0) is 16.0. The zero-order valence-electron chi connectivity index (χ0n) is 12.9. The lowest BCUT2D eigenvalue weighted by atomic mass is 10.2. The van der Waals surface area contributed by atoms with Crippen LogP contribution >= 0.6 is 11.6 Å². The summed E-state index contributed by atoms with van der Waals surface area (Å²) < 4.78 is 0. The van der Waals surface area contributed by atoms with Crippen LogP contribution in [0.3, 0.4) is 0 Å². The molecule has 21 heavy (non-hydrogen) atoms. The summed E-state index contributed by atoms with van der Waals surface area (Å²) in [5.41, 5.74) is 1.60. The van der Waals surface area contributed by atoms with E-state index in [1.165, 1.54) is 11.8 Å². The molecule has 0 radical (unpaired) electrons. The van der Waals surface area contributed by atoms with Crippen LogP contribution in [0.25, 0.3) is 0 Å². The number of aryl methyl sites for hydroxylation is 1. The summed E-state index contributed by atoms with van der Waals surface area (Å²) in [6, 6.07) is 5.31. The number of carbonyl (C=O) groups excluding carboxylic acids is 2. The van der Waals surface area contributed by atoms with Crippen LogP contribution in [0.1, 0.15) is 12.5 Å². The molecule has 1 aromatic carbocycles. The van der Waals surface area contributed by atoms with Crippen LogP contribution in [0.4, 0.5) is 5.69 Å². The van der Waals surface area contributed by atoms with Crippen LogP contribution in [0, 0.1) is 6.92 Å². The van der Waals surface area contributed by atoms with Gasteiger partial charge in [0.2, 0.25) is 11.8 Å². The average Bonchev–Trinajstić information content (AvgIpc) is 2.38. The van der Waals surface area contributed by atoms with Gasteiger partial charge >= 0.3 is 0 Å². The van der Waals surface area contributed by atoms with Crippen LogP contribution in [0.2, 0.25) is 5.02 Å². The molecule has 1 rings (SSSR count). The van der Waals surface area contributed by atoms with Crippen LogP contribution in [0.5, 0.6) is 0 Å². The third-order valence-corrected chi connectivity index (χ3v) is 3.31. The predicted octanol–water partition coefficient (Wildman–Crippen LogP) is 2.00. The summed E-state index contributed by atoms with van der Waals surface area (Å²) in [7, 11) is 3.85. The molecule has 0 aliphatic carbocycles. The molecule has 0 unspecified atom stereocenters. The van der Waals surface area contributed by atoms with E-state index >= 15 is 0 Å². The Hall–Kier alpha value is -1.59. The van der Waals surface area contributed by atoms with Gasteiger partial charge in [-0.3, -0.25) is 9.59 Å². The van der Waals surface area contributed by atoms with Crippen LogP contribution in [0.15, 0.2) is 18.2 Å². The quantitative estimate of drug-likeness (QED) is 0.874.